The first-order valence-corrected chi connectivity index (χ1v) is 11.2. The quantitative estimate of drug-likeness (QED) is 0.624. The summed E-state index contributed by atoms with van der Waals surface area (Å²) in [6, 6.07) is 13.9. The maximum atomic E-state index is 12.7. The van der Waals surface area contributed by atoms with Gasteiger partial charge in [0.05, 0.1) is 10.6 Å². The molecule has 3 heterocycles. The van der Waals surface area contributed by atoms with Gasteiger partial charge in [0.25, 0.3) is 0 Å². The summed E-state index contributed by atoms with van der Waals surface area (Å²) < 4.78 is 1.84. The lowest BCUT2D eigenvalue weighted by Crippen LogP contribution is -2.52. The van der Waals surface area contributed by atoms with E-state index in [0.29, 0.717) is 32.7 Å². The molecule has 4 rings (SSSR count). The molecular weight excluding hydrogens is 410 g/mol. The van der Waals surface area contributed by atoms with Gasteiger partial charge in [0.15, 0.2) is 0 Å². The van der Waals surface area contributed by atoms with Gasteiger partial charge in [-0.1, -0.05) is 24.3 Å². The predicted molar refractivity (Wildman–Crippen MR) is 123 cm³/mol. The Morgan fingerprint density at radius 3 is 2.48 bits per heavy atom. The fourth-order valence-corrected chi connectivity index (χ4v) is 4.22. The molecule has 31 heavy (non-hydrogen) atoms. The number of urea groups is 1. The first kappa shape index (κ1) is 20.9. The van der Waals surface area contributed by atoms with Crippen molar-refractivity contribution >= 4 is 29.4 Å². The van der Waals surface area contributed by atoms with E-state index in [1.807, 2.05) is 71.7 Å². The highest BCUT2D eigenvalue weighted by molar-refractivity contribution is 7.13. The molecule has 1 saturated heterocycles. The third kappa shape index (κ3) is 4.86. The fourth-order valence-electron chi connectivity index (χ4n) is 3.49. The molecule has 0 spiro atoms. The van der Waals surface area contributed by atoms with Gasteiger partial charge in [-0.25, -0.2) is 9.48 Å². The summed E-state index contributed by atoms with van der Waals surface area (Å²) in [6.45, 7) is 4.63. The maximum Gasteiger partial charge on any atom is 0.317 e. The van der Waals surface area contributed by atoms with Crippen LogP contribution < -0.4 is 5.32 Å². The Bertz CT molecular complexity index is 1050. The van der Waals surface area contributed by atoms with Gasteiger partial charge in [-0.05, 0) is 36.6 Å². The zero-order valence-electron chi connectivity index (χ0n) is 17.4. The van der Waals surface area contributed by atoms with Crippen LogP contribution in [0.15, 0.2) is 60.1 Å². The number of thiophene rings is 1. The number of rotatable bonds is 5. The summed E-state index contributed by atoms with van der Waals surface area (Å²) in [6.07, 6.45) is 5.38. The Morgan fingerprint density at radius 2 is 1.81 bits per heavy atom. The first-order valence-electron chi connectivity index (χ1n) is 10.3. The minimum atomic E-state index is -0.0703. The number of nitrogens with one attached hydrogen (secondary N) is 1. The fraction of sp³-hybridized carbons (Fsp3) is 0.261. The summed E-state index contributed by atoms with van der Waals surface area (Å²) in [5.41, 5.74) is 2.71. The second-order valence-corrected chi connectivity index (χ2v) is 8.12. The van der Waals surface area contributed by atoms with Crippen LogP contribution in [0.5, 0.6) is 0 Å². The molecule has 1 N–H and O–H groups in total. The molecule has 1 aromatic carbocycles. The number of aromatic nitrogens is 2. The van der Waals surface area contributed by atoms with Crippen molar-refractivity contribution < 1.29 is 9.59 Å². The minimum absolute atomic E-state index is 0.0554. The van der Waals surface area contributed by atoms with Crippen molar-refractivity contribution in [2.75, 3.05) is 32.7 Å². The predicted octanol–water partition coefficient (Wildman–Crippen LogP) is 3.49. The molecule has 0 bridgehead atoms. The average Bonchev–Trinajstić information content (AvgIpc) is 3.48. The van der Waals surface area contributed by atoms with E-state index in [1.54, 1.807) is 27.2 Å². The molecule has 3 aromatic rings. The van der Waals surface area contributed by atoms with Crippen molar-refractivity contribution in [3.05, 3.63) is 65.7 Å². The number of para-hydroxylation sites is 1. The van der Waals surface area contributed by atoms with Crippen molar-refractivity contribution in [1.29, 1.82) is 0 Å². The van der Waals surface area contributed by atoms with E-state index in [4.69, 9.17) is 5.10 Å². The molecule has 0 saturated carbocycles. The molecule has 1 aliphatic heterocycles. The molecular formula is C23H25N5O2S. The highest BCUT2D eigenvalue weighted by atomic mass is 32.1. The zero-order valence-corrected chi connectivity index (χ0v) is 18.2. The van der Waals surface area contributed by atoms with Crippen LogP contribution in [0.2, 0.25) is 0 Å². The Kier molecular flexibility index (Phi) is 6.47. The van der Waals surface area contributed by atoms with Crippen molar-refractivity contribution in [2.45, 2.75) is 6.92 Å². The number of hydrogen-bond acceptors (Lipinski definition) is 4. The van der Waals surface area contributed by atoms with Gasteiger partial charge in [0.1, 0.15) is 5.69 Å². The third-order valence-corrected chi connectivity index (χ3v) is 6.01. The van der Waals surface area contributed by atoms with Gasteiger partial charge in [0, 0.05) is 50.6 Å². The highest BCUT2D eigenvalue weighted by Crippen LogP contribution is 2.28. The standard InChI is InChI=1S/C23H25N5O2S/c1-2-24-23(30)27-14-12-26(13-15-27)21(29)11-10-18-17-28(19-7-4-3-5-8-19)25-22(18)20-9-6-16-31-20/h3-11,16-17H,2,12-15H2,1H3,(H,24,30)/b11-10+. The summed E-state index contributed by atoms with van der Waals surface area (Å²) in [7, 11) is 0. The third-order valence-electron chi connectivity index (χ3n) is 5.13. The van der Waals surface area contributed by atoms with Gasteiger partial charge in [0.2, 0.25) is 5.91 Å². The molecule has 2 aromatic heterocycles. The molecule has 1 fully saturated rings. The summed E-state index contributed by atoms with van der Waals surface area (Å²) in [5.74, 6) is -0.0554. The van der Waals surface area contributed by atoms with Gasteiger partial charge >= 0.3 is 6.03 Å². The van der Waals surface area contributed by atoms with Crippen LogP contribution in [0.25, 0.3) is 22.3 Å². The van der Waals surface area contributed by atoms with Crippen LogP contribution in [-0.4, -0.2) is 64.2 Å². The van der Waals surface area contributed by atoms with Crippen molar-refractivity contribution in [2.24, 2.45) is 0 Å². The second-order valence-electron chi connectivity index (χ2n) is 7.17. The van der Waals surface area contributed by atoms with Crippen LogP contribution >= 0.6 is 11.3 Å². The Labute approximate surface area is 185 Å². The number of piperazine rings is 1. The van der Waals surface area contributed by atoms with E-state index in [-0.39, 0.29) is 11.9 Å². The smallest absolute Gasteiger partial charge is 0.317 e. The van der Waals surface area contributed by atoms with Crippen LogP contribution in [0, 0.1) is 0 Å². The van der Waals surface area contributed by atoms with Crippen LogP contribution in [0.4, 0.5) is 4.79 Å². The van der Waals surface area contributed by atoms with Gasteiger partial charge in [-0.15, -0.1) is 11.3 Å². The number of amides is 3. The van der Waals surface area contributed by atoms with Gasteiger partial charge in [-0.2, -0.15) is 5.10 Å². The van der Waals surface area contributed by atoms with Gasteiger partial charge in [-0.3, -0.25) is 4.79 Å². The lowest BCUT2D eigenvalue weighted by Gasteiger charge is -2.34. The second kappa shape index (κ2) is 9.61. The Balaban J connectivity index is 1.49. The molecule has 0 radical (unpaired) electrons. The molecule has 0 unspecified atom stereocenters. The number of nitrogens with zero attached hydrogens (tertiary/aromatic N) is 4. The van der Waals surface area contributed by atoms with E-state index < -0.39 is 0 Å². The van der Waals surface area contributed by atoms with Crippen LogP contribution in [0.1, 0.15) is 12.5 Å². The van der Waals surface area contributed by atoms with E-state index >= 15 is 0 Å². The summed E-state index contributed by atoms with van der Waals surface area (Å²) >= 11 is 1.62. The monoisotopic (exact) mass is 435 g/mol. The van der Waals surface area contributed by atoms with Crippen molar-refractivity contribution in [1.82, 2.24) is 24.9 Å². The Hall–Kier alpha value is -3.39. The number of hydrogen-bond donors (Lipinski definition) is 1. The highest BCUT2D eigenvalue weighted by Gasteiger charge is 2.22. The minimum Gasteiger partial charge on any atom is -0.338 e. The lowest BCUT2D eigenvalue weighted by molar-refractivity contribution is -0.127. The average molecular weight is 436 g/mol. The van der Waals surface area contributed by atoms with E-state index in [9.17, 15) is 9.59 Å². The topological polar surface area (TPSA) is 70.5 Å². The summed E-state index contributed by atoms with van der Waals surface area (Å²) in [4.78, 5) is 29.3. The lowest BCUT2D eigenvalue weighted by atomic mass is 10.2. The summed E-state index contributed by atoms with van der Waals surface area (Å²) in [5, 5.41) is 9.58. The molecule has 7 nitrogen and oxygen atoms in total. The Morgan fingerprint density at radius 1 is 1.06 bits per heavy atom. The van der Waals surface area contributed by atoms with E-state index in [2.05, 4.69) is 5.32 Å². The molecule has 0 atom stereocenters. The molecule has 8 heteroatoms. The molecule has 0 aliphatic carbocycles. The number of carbonyl (C=O) groups is 2. The largest absolute Gasteiger partial charge is 0.338 e. The van der Waals surface area contributed by atoms with Crippen molar-refractivity contribution in [3.8, 4) is 16.3 Å². The van der Waals surface area contributed by atoms with E-state index in [0.717, 1.165) is 21.8 Å². The number of benzene rings is 1. The molecule has 160 valence electrons. The van der Waals surface area contributed by atoms with Crippen LogP contribution in [-0.2, 0) is 4.79 Å². The van der Waals surface area contributed by atoms with Gasteiger partial charge < -0.3 is 15.1 Å². The molecule has 1 aliphatic rings. The van der Waals surface area contributed by atoms with Crippen molar-refractivity contribution in [3.63, 3.8) is 0 Å². The molecule has 3 amide bonds. The van der Waals surface area contributed by atoms with E-state index in [1.165, 1.54) is 0 Å². The maximum absolute atomic E-state index is 12.7. The van der Waals surface area contributed by atoms with Crippen LogP contribution in [0.3, 0.4) is 0 Å². The SMILES string of the molecule is CCNC(=O)N1CCN(C(=O)/C=C/c2cn(-c3ccccc3)nc2-c2cccs2)CC1. The first-order chi connectivity index (χ1) is 15.2. The number of carbonyl (C=O) groups excluding carboxylic acids is 2. The zero-order chi connectivity index (χ0) is 21.6. The normalized spacial score (nSPS) is 14.2.